The van der Waals surface area contributed by atoms with Crippen LogP contribution >= 0.6 is 15.9 Å². The van der Waals surface area contributed by atoms with E-state index in [1.807, 2.05) is 0 Å². The first-order chi connectivity index (χ1) is 8.68. The number of nitrogens with zero attached hydrogens (tertiary/aromatic N) is 1. The van der Waals surface area contributed by atoms with E-state index in [1.54, 1.807) is 0 Å². The Balaban J connectivity index is 1.88. The molecule has 0 saturated carbocycles. The SMILES string of the molecule is Fc1ccc(F)c(CCCN2CCOCC2)c1Br. The Hall–Kier alpha value is -0.520. The van der Waals surface area contributed by atoms with Gasteiger partial charge < -0.3 is 4.74 Å². The highest BCUT2D eigenvalue weighted by molar-refractivity contribution is 9.10. The molecule has 0 bridgehead atoms. The maximum absolute atomic E-state index is 13.6. The van der Waals surface area contributed by atoms with Crippen LogP contribution in [0.5, 0.6) is 0 Å². The van der Waals surface area contributed by atoms with Crippen LogP contribution in [0, 0.1) is 11.6 Å². The molecule has 5 heteroatoms. The normalized spacial score (nSPS) is 17.1. The first-order valence-electron chi connectivity index (χ1n) is 6.11. The number of ether oxygens (including phenoxy) is 1. The van der Waals surface area contributed by atoms with Crippen molar-refractivity contribution < 1.29 is 13.5 Å². The van der Waals surface area contributed by atoms with Gasteiger partial charge in [0.25, 0.3) is 0 Å². The number of hydrogen-bond acceptors (Lipinski definition) is 2. The molecule has 0 aromatic heterocycles. The van der Waals surface area contributed by atoms with Crippen molar-refractivity contribution in [2.75, 3.05) is 32.8 Å². The maximum atomic E-state index is 13.6. The minimum Gasteiger partial charge on any atom is -0.379 e. The lowest BCUT2D eigenvalue weighted by atomic mass is 10.1. The molecule has 2 nitrogen and oxygen atoms in total. The Labute approximate surface area is 114 Å². The van der Waals surface area contributed by atoms with Gasteiger partial charge in [-0.3, -0.25) is 4.90 Å². The zero-order chi connectivity index (χ0) is 13.0. The number of morpholine rings is 1. The smallest absolute Gasteiger partial charge is 0.137 e. The molecular formula is C13H16BrF2NO. The molecule has 0 atom stereocenters. The van der Waals surface area contributed by atoms with E-state index in [0.717, 1.165) is 45.3 Å². The third kappa shape index (κ3) is 3.49. The quantitative estimate of drug-likeness (QED) is 0.791. The Morgan fingerprint density at radius 3 is 2.56 bits per heavy atom. The third-order valence-corrected chi connectivity index (χ3v) is 4.00. The molecule has 100 valence electrons. The molecule has 2 rings (SSSR count). The lowest BCUT2D eigenvalue weighted by Crippen LogP contribution is -2.37. The summed E-state index contributed by atoms with van der Waals surface area (Å²) in [7, 11) is 0. The minimum absolute atomic E-state index is 0.254. The number of benzene rings is 1. The molecule has 18 heavy (non-hydrogen) atoms. The van der Waals surface area contributed by atoms with E-state index in [4.69, 9.17) is 4.74 Å². The van der Waals surface area contributed by atoms with Crippen LogP contribution in [-0.4, -0.2) is 37.7 Å². The number of halogens is 3. The first-order valence-corrected chi connectivity index (χ1v) is 6.90. The monoisotopic (exact) mass is 319 g/mol. The molecule has 1 fully saturated rings. The van der Waals surface area contributed by atoms with Crippen molar-refractivity contribution >= 4 is 15.9 Å². The fourth-order valence-electron chi connectivity index (χ4n) is 2.10. The van der Waals surface area contributed by atoms with Crippen molar-refractivity contribution in [1.82, 2.24) is 4.90 Å². The van der Waals surface area contributed by atoms with Crippen molar-refractivity contribution in [2.45, 2.75) is 12.8 Å². The molecule has 0 spiro atoms. The molecule has 0 unspecified atom stereocenters. The van der Waals surface area contributed by atoms with Crippen LogP contribution in [0.2, 0.25) is 0 Å². The van der Waals surface area contributed by atoms with E-state index in [-0.39, 0.29) is 10.3 Å². The molecule has 1 aliphatic heterocycles. The van der Waals surface area contributed by atoms with Crippen LogP contribution in [0.3, 0.4) is 0 Å². The van der Waals surface area contributed by atoms with Gasteiger partial charge in [0.2, 0.25) is 0 Å². The zero-order valence-electron chi connectivity index (χ0n) is 10.1. The van der Waals surface area contributed by atoms with E-state index in [1.165, 1.54) is 6.07 Å². The largest absolute Gasteiger partial charge is 0.379 e. The second-order valence-electron chi connectivity index (χ2n) is 4.38. The van der Waals surface area contributed by atoms with Crippen molar-refractivity contribution in [3.63, 3.8) is 0 Å². The van der Waals surface area contributed by atoms with Crippen LogP contribution in [-0.2, 0) is 11.2 Å². The number of hydrogen-bond donors (Lipinski definition) is 0. The lowest BCUT2D eigenvalue weighted by molar-refractivity contribution is 0.0374. The molecular weight excluding hydrogens is 304 g/mol. The van der Waals surface area contributed by atoms with E-state index in [9.17, 15) is 8.78 Å². The first kappa shape index (κ1) is 13.9. The minimum atomic E-state index is -0.405. The summed E-state index contributed by atoms with van der Waals surface area (Å²) in [5.74, 6) is -0.747. The van der Waals surface area contributed by atoms with E-state index < -0.39 is 5.82 Å². The van der Waals surface area contributed by atoms with Gasteiger partial charge in [0, 0.05) is 18.7 Å². The van der Waals surface area contributed by atoms with Crippen LogP contribution in [0.4, 0.5) is 8.78 Å². The number of rotatable bonds is 4. The summed E-state index contributed by atoms with van der Waals surface area (Å²) in [6.45, 7) is 4.27. The highest BCUT2D eigenvalue weighted by Crippen LogP contribution is 2.24. The summed E-state index contributed by atoms with van der Waals surface area (Å²) >= 11 is 3.11. The van der Waals surface area contributed by atoms with Crippen LogP contribution < -0.4 is 0 Å². The topological polar surface area (TPSA) is 12.5 Å². The van der Waals surface area contributed by atoms with Crippen molar-refractivity contribution in [3.8, 4) is 0 Å². The predicted molar refractivity (Wildman–Crippen MR) is 69.6 cm³/mol. The van der Waals surface area contributed by atoms with Gasteiger partial charge in [-0.15, -0.1) is 0 Å². The molecule has 0 aliphatic carbocycles. The van der Waals surface area contributed by atoms with Gasteiger partial charge in [0.15, 0.2) is 0 Å². The molecule has 1 aromatic rings. The second-order valence-corrected chi connectivity index (χ2v) is 5.17. The molecule has 0 N–H and O–H groups in total. The molecule has 0 amide bonds. The predicted octanol–water partition coefficient (Wildman–Crippen LogP) is 2.99. The third-order valence-electron chi connectivity index (χ3n) is 3.14. The van der Waals surface area contributed by atoms with E-state index in [0.29, 0.717) is 12.0 Å². The summed E-state index contributed by atoms with van der Waals surface area (Å²) in [5.41, 5.74) is 0.434. The highest BCUT2D eigenvalue weighted by atomic mass is 79.9. The van der Waals surface area contributed by atoms with E-state index >= 15 is 0 Å². The second kappa shape index (κ2) is 6.59. The fourth-order valence-corrected chi connectivity index (χ4v) is 2.62. The van der Waals surface area contributed by atoms with Crippen LogP contribution in [0.25, 0.3) is 0 Å². The average Bonchev–Trinajstić information content (AvgIpc) is 2.39. The Kier molecular flexibility index (Phi) is 5.09. The molecule has 1 aromatic carbocycles. The highest BCUT2D eigenvalue weighted by Gasteiger charge is 2.13. The van der Waals surface area contributed by atoms with Gasteiger partial charge in [-0.25, -0.2) is 8.78 Å². The van der Waals surface area contributed by atoms with Crippen LogP contribution in [0.1, 0.15) is 12.0 Å². The standard InChI is InChI=1S/C13H16BrF2NO/c14-13-10(11(15)3-4-12(13)16)2-1-5-17-6-8-18-9-7-17/h3-4H,1-2,5-9H2. The summed E-state index contributed by atoms with van der Waals surface area (Å²) in [5, 5.41) is 0. The van der Waals surface area contributed by atoms with Gasteiger partial charge in [-0.05, 0) is 47.4 Å². The summed E-state index contributed by atoms with van der Waals surface area (Å²) in [6, 6.07) is 2.33. The lowest BCUT2D eigenvalue weighted by Gasteiger charge is -2.26. The Morgan fingerprint density at radius 2 is 1.83 bits per heavy atom. The molecule has 1 aliphatic rings. The Morgan fingerprint density at radius 1 is 1.17 bits per heavy atom. The molecule has 1 heterocycles. The van der Waals surface area contributed by atoms with Gasteiger partial charge in [-0.2, -0.15) is 0 Å². The van der Waals surface area contributed by atoms with Crippen molar-refractivity contribution in [3.05, 3.63) is 33.8 Å². The molecule has 1 saturated heterocycles. The van der Waals surface area contributed by atoms with Gasteiger partial charge >= 0.3 is 0 Å². The Bertz CT molecular complexity index is 408. The van der Waals surface area contributed by atoms with Crippen LogP contribution in [0.15, 0.2) is 16.6 Å². The van der Waals surface area contributed by atoms with Gasteiger partial charge in [-0.1, -0.05) is 0 Å². The summed E-state index contributed by atoms with van der Waals surface area (Å²) < 4.78 is 32.4. The molecule has 0 radical (unpaired) electrons. The van der Waals surface area contributed by atoms with Crippen molar-refractivity contribution in [1.29, 1.82) is 0 Å². The fraction of sp³-hybridized carbons (Fsp3) is 0.538. The van der Waals surface area contributed by atoms with Gasteiger partial charge in [0.05, 0.1) is 17.7 Å². The zero-order valence-corrected chi connectivity index (χ0v) is 11.7. The maximum Gasteiger partial charge on any atom is 0.137 e. The van der Waals surface area contributed by atoms with Crippen molar-refractivity contribution in [2.24, 2.45) is 0 Å². The average molecular weight is 320 g/mol. The van der Waals surface area contributed by atoms with E-state index in [2.05, 4.69) is 20.8 Å². The summed E-state index contributed by atoms with van der Waals surface area (Å²) in [4.78, 5) is 2.29. The summed E-state index contributed by atoms with van der Waals surface area (Å²) in [6.07, 6.45) is 1.36. The van der Waals surface area contributed by atoms with Gasteiger partial charge in [0.1, 0.15) is 11.6 Å².